The van der Waals surface area contributed by atoms with Gasteiger partial charge in [0.05, 0.1) is 10.6 Å². The van der Waals surface area contributed by atoms with E-state index in [4.69, 9.17) is 17.3 Å². The molecule has 1 unspecified atom stereocenters. The van der Waals surface area contributed by atoms with Crippen LogP contribution in [0.4, 0.5) is 4.39 Å². The maximum absolute atomic E-state index is 13.8. The predicted octanol–water partition coefficient (Wildman–Crippen LogP) is 2.31. The number of hydrogen-bond donors (Lipinski definition) is 1. The van der Waals surface area contributed by atoms with Crippen molar-refractivity contribution in [2.75, 3.05) is 26.2 Å². The van der Waals surface area contributed by atoms with E-state index in [2.05, 4.69) is 0 Å². The summed E-state index contributed by atoms with van der Waals surface area (Å²) in [5, 5.41) is 0.102. The maximum Gasteiger partial charge on any atom is 0.258 e. The normalized spacial score (nSPS) is 15.7. The van der Waals surface area contributed by atoms with E-state index in [1.807, 2.05) is 6.92 Å². The van der Waals surface area contributed by atoms with Crippen molar-refractivity contribution in [2.45, 2.75) is 25.8 Å². The Morgan fingerprint density at radius 2 is 1.83 bits per heavy atom. The van der Waals surface area contributed by atoms with Gasteiger partial charge in [-0.3, -0.25) is 9.59 Å². The van der Waals surface area contributed by atoms with Crippen molar-refractivity contribution in [3.05, 3.63) is 34.6 Å². The number of piperazine rings is 1. The zero-order valence-electron chi connectivity index (χ0n) is 13.5. The molecule has 0 radical (unpaired) electrons. The summed E-state index contributed by atoms with van der Waals surface area (Å²) in [6.07, 6.45) is 1.05. The predicted molar refractivity (Wildman–Crippen MR) is 94.0 cm³/mol. The molecule has 0 saturated carbocycles. The van der Waals surface area contributed by atoms with Gasteiger partial charge >= 0.3 is 0 Å². The van der Waals surface area contributed by atoms with Gasteiger partial charge in [-0.1, -0.05) is 17.7 Å². The monoisotopic (exact) mass is 377 g/mol. The average molecular weight is 378 g/mol. The van der Waals surface area contributed by atoms with Crippen molar-refractivity contribution in [3.8, 4) is 0 Å². The molecule has 8 heteroatoms. The highest BCUT2D eigenvalue weighted by atomic mass is 35.5. The van der Waals surface area contributed by atoms with Crippen LogP contribution < -0.4 is 5.73 Å². The van der Waals surface area contributed by atoms with Crippen molar-refractivity contribution >= 4 is 35.8 Å². The molecule has 0 aliphatic carbocycles. The third-order valence-corrected chi connectivity index (χ3v) is 4.22. The van der Waals surface area contributed by atoms with Crippen molar-refractivity contribution in [1.29, 1.82) is 0 Å². The second-order valence-corrected chi connectivity index (χ2v) is 6.19. The zero-order valence-corrected chi connectivity index (χ0v) is 15.1. The van der Waals surface area contributed by atoms with Crippen molar-refractivity contribution in [2.24, 2.45) is 5.73 Å². The van der Waals surface area contributed by atoms with Gasteiger partial charge in [-0.15, -0.1) is 12.4 Å². The molecule has 2 N–H and O–H groups in total. The van der Waals surface area contributed by atoms with Crippen molar-refractivity contribution in [1.82, 2.24) is 9.80 Å². The van der Waals surface area contributed by atoms with Gasteiger partial charge in [0.25, 0.3) is 5.91 Å². The fraction of sp³-hybridized carbons (Fsp3) is 0.500. The van der Waals surface area contributed by atoms with E-state index >= 15 is 0 Å². The summed E-state index contributed by atoms with van der Waals surface area (Å²) < 4.78 is 13.8. The fourth-order valence-electron chi connectivity index (χ4n) is 2.53. The lowest BCUT2D eigenvalue weighted by Gasteiger charge is -2.35. The second-order valence-electron chi connectivity index (χ2n) is 5.79. The van der Waals surface area contributed by atoms with Crippen LogP contribution >= 0.6 is 24.0 Å². The number of amides is 2. The molecule has 1 atom stereocenters. The number of nitrogens with two attached hydrogens (primary N) is 1. The largest absolute Gasteiger partial charge is 0.339 e. The third kappa shape index (κ3) is 5.06. The van der Waals surface area contributed by atoms with E-state index in [0.717, 1.165) is 0 Å². The lowest BCUT2D eigenvalue weighted by Crippen LogP contribution is -2.50. The van der Waals surface area contributed by atoms with E-state index in [9.17, 15) is 14.0 Å². The van der Waals surface area contributed by atoms with E-state index in [0.29, 0.717) is 39.0 Å². The molecule has 1 aliphatic heterocycles. The van der Waals surface area contributed by atoms with Gasteiger partial charge < -0.3 is 15.5 Å². The third-order valence-electron chi connectivity index (χ3n) is 3.91. The zero-order chi connectivity index (χ0) is 17.0. The first kappa shape index (κ1) is 20.7. The number of carbonyl (C=O) groups excluding carboxylic acids is 2. The van der Waals surface area contributed by atoms with Gasteiger partial charge in [0.2, 0.25) is 5.91 Å². The molecule has 0 spiro atoms. The molecule has 1 aromatic rings. The van der Waals surface area contributed by atoms with Crippen molar-refractivity contribution in [3.63, 3.8) is 0 Å². The molecule has 24 heavy (non-hydrogen) atoms. The van der Waals surface area contributed by atoms with Crippen LogP contribution in [0, 0.1) is 5.82 Å². The van der Waals surface area contributed by atoms with Gasteiger partial charge in [0, 0.05) is 38.6 Å². The van der Waals surface area contributed by atoms with Crippen LogP contribution in [0.3, 0.4) is 0 Å². The summed E-state index contributed by atoms with van der Waals surface area (Å²) in [6, 6.07) is 4.16. The number of carbonyl (C=O) groups is 2. The summed E-state index contributed by atoms with van der Waals surface area (Å²) in [5.41, 5.74) is 5.55. The molecule has 1 aromatic carbocycles. The Kier molecular flexibility index (Phi) is 7.93. The summed E-state index contributed by atoms with van der Waals surface area (Å²) in [4.78, 5) is 27.7. The number of hydrogen-bond acceptors (Lipinski definition) is 3. The van der Waals surface area contributed by atoms with Crippen LogP contribution in [0.25, 0.3) is 0 Å². The Labute approximate surface area is 152 Å². The first-order chi connectivity index (χ1) is 10.9. The first-order valence-corrected chi connectivity index (χ1v) is 8.04. The molecule has 134 valence electrons. The van der Waals surface area contributed by atoms with Gasteiger partial charge in [-0.05, 0) is 25.5 Å². The Morgan fingerprint density at radius 1 is 1.25 bits per heavy atom. The van der Waals surface area contributed by atoms with Crippen molar-refractivity contribution < 1.29 is 14.0 Å². The van der Waals surface area contributed by atoms with Gasteiger partial charge in [0.15, 0.2) is 0 Å². The maximum atomic E-state index is 13.8. The summed E-state index contributed by atoms with van der Waals surface area (Å²) in [7, 11) is 0. The minimum atomic E-state index is -0.627. The van der Waals surface area contributed by atoms with Crippen LogP contribution in [0.15, 0.2) is 18.2 Å². The molecule has 5 nitrogen and oxygen atoms in total. The van der Waals surface area contributed by atoms with E-state index in [1.165, 1.54) is 23.1 Å². The molecular formula is C16H22Cl2FN3O2. The van der Waals surface area contributed by atoms with E-state index in [1.54, 1.807) is 4.90 Å². The molecule has 2 rings (SSSR count). The van der Waals surface area contributed by atoms with Crippen LogP contribution in [0.2, 0.25) is 5.02 Å². The topological polar surface area (TPSA) is 66.6 Å². The summed E-state index contributed by atoms with van der Waals surface area (Å²) >= 11 is 5.93. The van der Waals surface area contributed by atoms with Crippen LogP contribution in [0.1, 0.15) is 30.1 Å². The average Bonchev–Trinajstić information content (AvgIpc) is 2.52. The minimum absolute atomic E-state index is 0. The molecule has 1 aliphatic rings. The lowest BCUT2D eigenvalue weighted by atomic mass is 10.1. The van der Waals surface area contributed by atoms with E-state index in [-0.39, 0.29) is 34.9 Å². The summed E-state index contributed by atoms with van der Waals surface area (Å²) in [5.74, 6) is -1.02. The Bertz CT molecular complexity index is 570. The fourth-order valence-corrected chi connectivity index (χ4v) is 2.77. The number of nitrogens with zero attached hydrogens (tertiary/aromatic N) is 2. The smallest absolute Gasteiger partial charge is 0.258 e. The molecule has 1 heterocycles. The molecule has 2 amide bonds. The lowest BCUT2D eigenvalue weighted by molar-refractivity contribution is -0.132. The Morgan fingerprint density at radius 3 is 2.38 bits per heavy atom. The SMILES string of the molecule is CC(N)CCC(=O)N1CCN(C(=O)c2c(F)cccc2Cl)CC1.Cl. The Hall–Kier alpha value is -1.37. The molecule has 1 saturated heterocycles. The molecule has 1 fully saturated rings. The Balaban J connectivity index is 0.00000288. The standard InChI is InChI=1S/C16H21ClFN3O2.ClH/c1-11(19)5-6-14(22)20-7-9-21(10-8-20)16(23)15-12(17)3-2-4-13(15)18;/h2-4,11H,5-10,19H2,1H3;1H. The minimum Gasteiger partial charge on any atom is -0.339 e. The van der Waals surface area contributed by atoms with Gasteiger partial charge in [-0.2, -0.15) is 0 Å². The highest BCUT2D eigenvalue weighted by Gasteiger charge is 2.27. The molecule has 0 aromatic heterocycles. The van der Waals surface area contributed by atoms with Crippen LogP contribution in [0.5, 0.6) is 0 Å². The number of halogens is 3. The quantitative estimate of drug-likeness (QED) is 0.875. The molecule has 0 bridgehead atoms. The second kappa shape index (κ2) is 9.20. The van der Waals surface area contributed by atoms with Gasteiger partial charge in [-0.25, -0.2) is 4.39 Å². The highest BCUT2D eigenvalue weighted by Crippen LogP contribution is 2.21. The highest BCUT2D eigenvalue weighted by molar-refractivity contribution is 6.33. The number of rotatable bonds is 4. The van der Waals surface area contributed by atoms with Gasteiger partial charge in [0.1, 0.15) is 5.82 Å². The van der Waals surface area contributed by atoms with Crippen LogP contribution in [-0.4, -0.2) is 53.8 Å². The van der Waals surface area contributed by atoms with E-state index < -0.39 is 11.7 Å². The first-order valence-electron chi connectivity index (χ1n) is 7.66. The molecular weight excluding hydrogens is 356 g/mol. The van der Waals surface area contributed by atoms with Crippen LogP contribution in [-0.2, 0) is 4.79 Å². The number of benzene rings is 1. The summed E-state index contributed by atoms with van der Waals surface area (Å²) in [6.45, 7) is 3.48.